The van der Waals surface area contributed by atoms with Crippen LogP contribution in [0.1, 0.15) is 5.56 Å². The van der Waals surface area contributed by atoms with Crippen LogP contribution in [-0.2, 0) is 0 Å². The smallest absolute Gasteiger partial charge is 0.210 e. The fourth-order valence-corrected chi connectivity index (χ4v) is 3.78. The minimum absolute atomic E-state index is 0.721. The molecule has 0 unspecified atom stereocenters. The number of thiazole rings is 1. The van der Waals surface area contributed by atoms with Crippen LogP contribution in [0.15, 0.2) is 89.9 Å². The lowest BCUT2D eigenvalue weighted by atomic mass is 10.1. The van der Waals surface area contributed by atoms with Crippen molar-refractivity contribution in [2.24, 2.45) is 4.99 Å². The van der Waals surface area contributed by atoms with Gasteiger partial charge in [0.2, 0.25) is 5.13 Å². The summed E-state index contributed by atoms with van der Waals surface area (Å²) < 4.78 is 5.39. The number of para-hydroxylation sites is 1. The maximum Gasteiger partial charge on any atom is 0.210 e. The highest BCUT2D eigenvalue weighted by Gasteiger charge is 2.14. The average molecular weight is 370 g/mol. The second-order valence-electron chi connectivity index (χ2n) is 5.91. The second kappa shape index (κ2) is 7.98. The maximum absolute atomic E-state index is 5.39. The molecule has 4 aromatic rings. The van der Waals surface area contributed by atoms with Crippen molar-refractivity contribution in [3.8, 4) is 27.4 Å². The van der Waals surface area contributed by atoms with Crippen LogP contribution in [0.4, 0.5) is 5.13 Å². The van der Waals surface area contributed by atoms with Gasteiger partial charge in [0.15, 0.2) is 0 Å². The molecule has 0 N–H and O–H groups in total. The van der Waals surface area contributed by atoms with Gasteiger partial charge in [0.1, 0.15) is 5.75 Å². The molecule has 0 bridgehead atoms. The maximum atomic E-state index is 5.39. The van der Waals surface area contributed by atoms with Gasteiger partial charge in [0.05, 0.1) is 17.7 Å². The molecule has 0 saturated carbocycles. The molecule has 1 heterocycles. The number of ether oxygens (including phenoxy) is 1. The van der Waals surface area contributed by atoms with E-state index in [9.17, 15) is 0 Å². The number of methoxy groups -OCH3 is 1. The summed E-state index contributed by atoms with van der Waals surface area (Å²) in [6, 6.07) is 28.4. The van der Waals surface area contributed by atoms with Crippen LogP contribution in [0.5, 0.6) is 5.75 Å². The van der Waals surface area contributed by atoms with Crippen molar-refractivity contribution in [3.63, 3.8) is 0 Å². The molecule has 0 fully saturated rings. The van der Waals surface area contributed by atoms with E-state index in [-0.39, 0.29) is 0 Å². The Balaban J connectivity index is 1.77. The fraction of sp³-hybridized carbons (Fsp3) is 0.0435. The molecule has 0 aliphatic heterocycles. The van der Waals surface area contributed by atoms with Crippen LogP contribution in [0.3, 0.4) is 0 Å². The van der Waals surface area contributed by atoms with Gasteiger partial charge in [-0.15, -0.1) is 0 Å². The summed E-state index contributed by atoms with van der Waals surface area (Å²) in [5, 5.41) is 0.721. The molecular formula is C23H18N2OS. The SMILES string of the molecule is COc1ccccc1C=Nc1nc(-c2ccccc2)c(-c2ccccc2)s1. The van der Waals surface area contributed by atoms with Crippen molar-refractivity contribution in [1.82, 2.24) is 4.98 Å². The Morgan fingerprint density at radius 3 is 2.15 bits per heavy atom. The van der Waals surface area contributed by atoms with E-state index in [1.54, 1.807) is 24.7 Å². The third-order valence-corrected chi connectivity index (χ3v) is 5.16. The van der Waals surface area contributed by atoms with Crippen LogP contribution in [-0.4, -0.2) is 18.3 Å². The van der Waals surface area contributed by atoms with E-state index < -0.39 is 0 Å². The first kappa shape index (κ1) is 17.2. The van der Waals surface area contributed by atoms with Crippen molar-refractivity contribution in [2.45, 2.75) is 0 Å². The van der Waals surface area contributed by atoms with Crippen LogP contribution >= 0.6 is 11.3 Å². The Morgan fingerprint density at radius 2 is 1.44 bits per heavy atom. The highest BCUT2D eigenvalue weighted by atomic mass is 32.1. The van der Waals surface area contributed by atoms with Crippen molar-refractivity contribution in [3.05, 3.63) is 90.5 Å². The summed E-state index contributed by atoms with van der Waals surface area (Å²) >= 11 is 1.59. The third-order valence-electron chi connectivity index (χ3n) is 4.15. The summed E-state index contributed by atoms with van der Waals surface area (Å²) in [6.45, 7) is 0. The molecule has 3 nitrogen and oxygen atoms in total. The zero-order valence-corrected chi connectivity index (χ0v) is 15.7. The van der Waals surface area contributed by atoms with Crippen LogP contribution < -0.4 is 4.74 Å². The molecule has 0 spiro atoms. The van der Waals surface area contributed by atoms with Gasteiger partial charge in [-0.2, -0.15) is 0 Å². The minimum atomic E-state index is 0.721. The number of hydrogen-bond acceptors (Lipinski definition) is 4. The predicted molar refractivity (Wildman–Crippen MR) is 113 cm³/mol. The highest BCUT2D eigenvalue weighted by molar-refractivity contribution is 7.19. The molecule has 0 aliphatic rings. The van der Waals surface area contributed by atoms with Crippen molar-refractivity contribution in [2.75, 3.05) is 7.11 Å². The van der Waals surface area contributed by atoms with Gasteiger partial charge in [0, 0.05) is 17.3 Å². The van der Waals surface area contributed by atoms with E-state index in [0.29, 0.717) is 0 Å². The lowest BCUT2D eigenvalue weighted by Crippen LogP contribution is -1.89. The molecule has 4 rings (SSSR count). The van der Waals surface area contributed by atoms with Gasteiger partial charge in [-0.3, -0.25) is 0 Å². The summed E-state index contributed by atoms with van der Waals surface area (Å²) in [5.74, 6) is 0.796. The Hall–Kier alpha value is -3.24. The highest BCUT2D eigenvalue weighted by Crippen LogP contribution is 2.40. The fourth-order valence-electron chi connectivity index (χ4n) is 2.84. The van der Waals surface area contributed by atoms with E-state index >= 15 is 0 Å². The number of nitrogens with zero attached hydrogens (tertiary/aromatic N) is 2. The van der Waals surface area contributed by atoms with Gasteiger partial charge in [-0.25, -0.2) is 9.98 Å². The second-order valence-corrected chi connectivity index (χ2v) is 6.88. The molecule has 132 valence electrons. The molecule has 1 aromatic heterocycles. The molecule has 0 radical (unpaired) electrons. The summed E-state index contributed by atoms with van der Waals surface area (Å²) in [6.07, 6.45) is 1.81. The van der Waals surface area contributed by atoms with E-state index in [0.717, 1.165) is 38.1 Å². The predicted octanol–water partition coefficient (Wildman–Crippen LogP) is 6.24. The monoisotopic (exact) mass is 370 g/mol. The van der Waals surface area contributed by atoms with E-state index in [1.165, 1.54) is 0 Å². The molecule has 4 heteroatoms. The van der Waals surface area contributed by atoms with Crippen molar-refractivity contribution in [1.29, 1.82) is 0 Å². The number of aliphatic imine (C=N–C) groups is 1. The van der Waals surface area contributed by atoms with Crippen LogP contribution in [0.2, 0.25) is 0 Å². The first-order valence-corrected chi connectivity index (χ1v) is 9.45. The third kappa shape index (κ3) is 3.81. The minimum Gasteiger partial charge on any atom is -0.496 e. The topological polar surface area (TPSA) is 34.5 Å². The normalized spacial score (nSPS) is 11.0. The van der Waals surface area contributed by atoms with Gasteiger partial charge in [-0.1, -0.05) is 84.1 Å². The van der Waals surface area contributed by atoms with Gasteiger partial charge in [0.25, 0.3) is 0 Å². The molecule has 3 aromatic carbocycles. The average Bonchev–Trinajstić information content (AvgIpc) is 3.18. The Kier molecular flexibility index (Phi) is 5.08. The quantitative estimate of drug-likeness (QED) is 0.390. The lowest BCUT2D eigenvalue weighted by molar-refractivity contribution is 0.414. The van der Waals surface area contributed by atoms with Crippen molar-refractivity contribution < 1.29 is 4.74 Å². The number of aromatic nitrogens is 1. The molecule has 0 atom stereocenters. The Bertz CT molecular complexity index is 999. The summed E-state index contributed by atoms with van der Waals surface area (Å²) in [4.78, 5) is 10.5. The molecule has 0 saturated heterocycles. The van der Waals surface area contributed by atoms with Gasteiger partial charge < -0.3 is 4.74 Å². The zero-order chi connectivity index (χ0) is 18.5. The molecule has 27 heavy (non-hydrogen) atoms. The van der Waals surface area contributed by atoms with Gasteiger partial charge >= 0.3 is 0 Å². The number of benzene rings is 3. The van der Waals surface area contributed by atoms with Gasteiger partial charge in [-0.05, 0) is 17.7 Å². The summed E-state index contributed by atoms with van der Waals surface area (Å²) in [5.41, 5.74) is 4.12. The standard InChI is InChI=1S/C23H18N2OS/c1-26-20-15-9-8-14-19(20)16-24-23-25-21(17-10-4-2-5-11-17)22(27-23)18-12-6-3-7-13-18/h2-16H,1H3. The molecule has 0 amide bonds. The zero-order valence-electron chi connectivity index (χ0n) is 14.9. The van der Waals surface area contributed by atoms with E-state index in [1.807, 2.05) is 60.7 Å². The molecular weight excluding hydrogens is 352 g/mol. The molecule has 0 aliphatic carbocycles. The lowest BCUT2D eigenvalue weighted by Gasteiger charge is -2.02. The van der Waals surface area contributed by atoms with Crippen molar-refractivity contribution >= 4 is 22.7 Å². The first-order chi connectivity index (χ1) is 13.3. The number of rotatable bonds is 5. The summed E-state index contributed by atoms with van der Waals surface area (Å²) in [7, 11) is 1.66. The first-order valence-electron chi connectivity index (χ1n) is 8.64. The van der Waals surface area contributed by atoms with Crippen LogP contribution in [0, 0.1) is 0 Å². The largest absolute Gasteiger partial charge is 0.496 e. The van der Waals surface area contributed by atoms with Crippen LogP contribution in [0.25, 0.3) is 21.7 Å². The van der Waals surface area contributed by atoms with E-state index in [2.05, 4.69) is 29.3 Å². The Labute approximate surface area is 162 Å². The Morgan fingerprint density at radius 1 is 0.815 bits per heavy atom. The van der Waals surface area contributed by atoms with E-state index in [4.69, 9.17) is 9.72 Å². The number of hydrogen-bond donors (Lipinski definition) is 0.